The predicted octanol–water partition coefficient (Wildman–Crippen LogP) is 1.53. The van der Waals surface area contributed by atoms with Crippen LogP contribution in [-0.2, 0) is 12.8 Å². The third kappa shape index (κ3) is 2.99. The van der Waals surface area contributed by atoms with Crippen LogP contribution in [0, 0.1) is 13.8 Å². The number of carbonyl (C=O) groups excluding carboxylic acids is 1. The normalized spacial score (nSPS) is 10.7. The molecule has 102 valence electrons. The van der Waals surface area contributed by atoms with Crippen LogP contribution >= 0.6 is 11.8 Å². The largest absolute Gasteiger partial charge is 0.455 e. The van der Waals surface area contributed by atoms with E-state index in [1.807, 2.05) is 37.7 Å². The fourth-order valence-corrected chi connectivity index (χ4v) is 2.69. The Morgan fingerprint density at radius 1 is 1.53 bits per heavy atom. The van der Waals surface area contributed by atoms with E-state index < -0.39 is 5.91 Å². The van der Waals surface area contributed by atoms with Crippen LogP contribution < -0.4 is 11.3 Å². The molecule has 2 heterocycles. The first-order valence-electron chi connectivity index (χ1n) is 5.75. The number of rotatable bonds is 4. The van der Waals surface area contributed by atoms with Gasteiger partial charge in [0.2, 0.25) is 0 Å². The molecule has 2 rings (SSSR count). The van der Waals surface area contributed by atoms with Crippen molar-refractivity contribution >= 4 is 17.7 Å². The zero-order valence-electron chi connectivity index (χ0n) is 11.1. The Labute approximate surface area is 115 Å². The molecule has 0 saturated heterocycles. The molecule has 0 atom stereocenters. The molecule has 0 aromatic carbocycles. The summed E-state index contributed by atoms with van der Waals surface area (Å²) < 4.78 is 7.32. The van der Waals surface area contributed by atoms with Gasteiger partial charge in [0.15, 0.2) is 5.76 Å². The van der Waals surface area contributed by atoms with Gasteiger partial charge < -0.3 is 4.42 Å². The maximum atomic E-state index is 11.4. The highest BCUT2D eigenvalue weighted by atomic mass is 32.2. The highest BCUT2D eigenvalue weighted by molar-refractivity contribution is 7.98. The van der Waals surface area contributed by atoms with Crippen LogP contribution in [0.5, 0.6) is 0 Å². The zero-order chi connectivity index (χ0) is 14.0. The molecule has 0 unspecified atom stereocenters. The number of nitrogens with one attached hydrogen (secondary N) is 1. The smallest absolute Gasteiger partial charge is 0.301 e. The summed E-state index contributed by atoms with van der Waals surface area (Å²) in [6, 6.07) is 3.86. The first-order valence-corrected chi connectivity index (χ1v) is 6.73. The number of furan rings is 1. The SMILES string of the molecule is Cc1cc(SCc2cc(C)c(C(=O)NN)o2)n(C)n1. The van der Waals surface area contributed by atoms with Gasteiger partial charge in [-0.15, -0.1) is 0 Å². The Morgan fingerprint density at radius 3 is 2.84 bits per heavy atom. The molecular weight excluding hydrogens is 264 g/mol. The summed E-state index contributed by atoms with van der Waals surface area (Å²) in [4.78, 5) is 11.4. The van der Waals surface area contributed by atoms with Crippen LogP contribution in [-0.4, -0.2) is 15.7 Å². The lowest BCUT2D eigenvalue weighted by Crippen LogP contribution is -2.30. The number of aryl methyl sites for hydroxylation is 3. The average Bonchev–Trinajstić information content (AvgIpc) is 2.88. The van der Waals surface area contributed by atoms with Crippen molar-refractivity contribution in [3.63, 3.8) is 0 Å². The number of hydrogen-bond donors (Lipinski definition) is 2. The van der Waals surface area contributed by atoms with E-state index in [1.165, 1.54) is 0 Å². The molecule has 2 aromatic rings. The Hall–Kier alpha value is -1.73. The van der Waals surface area contributed by atoms with Crippen molar-refractivity contribution in [3.05, 3.63) is 34.9 Å². The Morgan fingerprint density at radius 2 is 2.26 bits per heavy atom. The van der Waals surface area contributed by atoms with Crippen LogP contribution in [0.1, 0.15) is 27.6 Å². The fraction of sp³-hybridized carbons (Fsp3) is 0.333. The number of aromatic nitrogens is 2. The van der Waals surface area contributed by atoms with Gasteiger partial charge in [0.1, 0.15) is 5.76 Å². The minimum absolute atomic E-state index is 0.263. The van der Waals surface area contributed by atoms with E-state index in [0.29, 0.717) is 5.75 Å². The van der Waals surface area contributed by atoms with Crippen molar-refractivity contribution in [3.8, 4) is 0 Å². The predicted molar refractivity (Wildman–Crippen MR) is 72.6 cm³/mol. The molecule has 0 bridgehead atoms. The second-order valence-corrected chi connectivity index (χ2v) is 5.23. The summed E-state index contributed by atoms with van der Waals surface area (Å²) >= 11 is 1.61. The molecule has 2 aromatic heterocycles. The van der Waals surface area contributed by atoms with E-state index in [-0.39, 0.29) is 5.76 Å². The minimum Gasteiger partial charge on any atom is -0.455 e. The quantitative estimate of drug-likeness (QED) is 0.384. The van der Waals surface area contributed by atoms with Gasteiger partial charge in [-0.25, -0.2) is 5.84 Å². The van der Waals surface area contributed by atoms with Gasteiger partial charge in [0, 0.05) is 12.6 Å². The highest BCUT2D eigenvalue weighted by Gasteiger charge is 2.15. The molecule has 0 spiro atoms. The number of hydrogen-bond acceptors (Lipinski definition) is 5. The molecule has 0 fully saturated rings. The second-order valence-electron chi connectivity index (χ2n) is 4.23. The number of carbonyl (C=O) groups is 1. The van der Waals surface area contributed by atoms with E-state index in [1.54, 1.807) is 11.8 Å². The molecule has 0 aliphatic carbocycles. The summed E-state index contributed by atoms with van der Waals surface area (Å²) in [7, 11) is 1.90. The van der Waals surface area contributed by atoms with Crippen LogP contribution in [0.15, 0.2) is 21.6 Å². The van der Waals surface area contributed by atoms with E-state index in [0.717, 1.165) is 22.0 Å². The molecule has 19 heavy (non-hydrogen) atoms. The summed E-state index contributed by atoms with van der Waals surface area (Å²) in [5.74, 6) is 6.32. The molecule has 7 heteroatoms. The van der Waals surface area contributed by atoms with Gasteiger partial charge in [-0.1, -0.05) is 11.8 Å². The first kappa shape index (κ1) is 13.7. The molecule has 0 aliphatic rings. The molecule has 0 aliphatic heterocycles. The molecular formula is C12H16N4O2S. The van der Waals surface area contributed by atoms with E-state index in [2.05, 4.69) is 10.5 Å². The maximum absolute atomic E-state index is 11.4. The van der Waals surface area contributed by atoms with Crippen molar-refractivity contribution in [2.24, 2.45) is 12.9 Å². The number of nitrogens with zero attached hydrogens (tertiary/aromatic N) is 2. The summed E-state index contributed by atoms with van der Waals surface area (Å²) in [6.07, 6.45) is 0. The monoisotopic (exact) mass is 280 g/mol. The molecule has 1 amide bonds. The summed E-state index contributed by atoms with van der Waals surface area (Å²) in [6.45, 7) is 3.77. The third-order valence-corrected chi connectivity index (χ3v) is 3.73. The molecule has 0 radical (unpaired) electrons. The first-order chi connectivity index (χ1) is 9.01. The zero-order valence-corrected chi connectivity index (χ0v) is 11.9. The van der Waals surface area contributed by atoms with Gasteiger partial charge in [-0.05, 0) is 26.0 Å². The number of hydrazine groups is 1. The van der Waals surface area contributed by atoms with Gasteiger partial charge in [-0.3, -0.25) is 14.9 Å². The molecule has 0 saturated carbocycles. The minimum atomic E-state index is -0.412. The lowest BCUT2D eigenvalue weighted by molar-refractivity contribution is 0.0923. The number of nitrogens with two attached hydrogens (primary N) is 1. The number of nitrogen functional groups attached to an aromatic ring is 1. The molecule has 3 N–H and O–H groups in total. The maximum Gasteiger partial charge on any atom is 0.301 e. The van der Waals surface area contributed by atoms with Crippen molar-refractivity contribution in [1.29, 1.82) is 0 Å². The van der Waals surface area contributed by atoms with Crippen molar-refractivity contribution in [2.75, 3.05) is 0 Å². The van der Waals surface area contributed by atoms with Crippen LogP contribution in [0.25, 0.3) is 0 Å². The Balaban J connectivity index is 2.08. The van der Waals surface area contributed by atoms with Crippen molar-refractivity contribution < 1.29 is 9.21 Å². The highest BCUT2D eigenvalue weighted by Crippen LogP contribution is 2.25. The number of amides is 1. The lowest BCUT2D eigenvalue weighted by Gasteiger charge is -1.99. The summed E-state index contributed by atoms with van der Waals surface area (Å²) in [5.41, 5.74) is 3.82. The van der Waals surface area contributed by atoms with Gasteiger partial charge in [0.25, 0.3) is 0 Å². The Kier molecular flexibility index (Phi) is 3.96. The van der Waals surface area contributed by atoms with Crippen LogP contribution in [0.4, 0.5) is 0 Å². The lowest BCUT2D eigenvalue weighted by atomic mass is 10.2. The van der Waals surface area contributed by atoms with E-state index in [9.17, 15) is 4.79 Å². The van der Waals surface area contributed by atoms with Gasteiger partial charge in [-0.2, -0.15) is 5.10 Å². The van der Waals surface area contributed by atoms with Gasteiger partial charge in [0.05, 0.1) is 16.5 Å². The average molecular weight is 280 g/mol. The standard InChI is InChI=1S/C12H16N4O2S/c1-7-4-9(18-11(7)12(17)14-13)6-19-10-5-8(2)15-16(10)3/h4-5H,6,13H2,1-3H3,(H,14,17). The summed E-state index contributed by atoms with van der Waals surface area (Å²) in [5, 5.41) is 5.32. The van der Waals surface area contributed by atoms with Crippen LogP contribution in [0.2, 0.25) is 0 Å². The van der Waals surface area contributed by atoms with Crippen molar-refractivity contribution in [1.82, 2.24) is 15.2 Å². The second kappa shape index (κ2) is 5.50. The Bertz CT molecular complexity index is 603. The van der Waals surface area contributed by atoms with Gasteiger partial charge >= 0.3 is 5.91 Å². The number of thioether (sulfide) groups is 1. The van der Waals surface area contributed by atoms with E-state index >= 15 is 0 Å². The van der Waals surface area contributed by atoms with Crippen LogP contribution in [0.3, 0.4) is 0 Å². The third-order valence-electron chi connectivity index (χ3n) is 2.63. The molecule has 6 nitrogen and oxygen atoms in total. The van der Waals surface area contributed by atoms with E-state index in [4.69, 9.17) is 10.3 Å². The topological polar surface area (TPSA) is 86.1 Å². The fourth-order valence-electron chi connectivity index (χ4n) is 1.78. The van der Waals surface area contributed by atoms with Crippen molar-refractivity contribution in [2.45, 2.75) is 24.6 Å².